The highest BCUT2D eigenvalue weighted by molar-refractivity contribution is 6.32. The van der Waals surface area contributed by atoms with Crippen LogP contribution < -0.4 is 15.8 Å². The number of hydrogen-bond donors (Lipinski definition) is 2. The van der Waals surface area contributed by atoms with Crippen molar-refractivity contribution < 1.29 is 19.1 Å². The summed E-state index contributed by atoms with van der Waals surface area (Å²) in [5.41, 5.74) is 5.90. The zero-order valence-electron chi connectivity index (χ0n) is 12.1. The molecule has 1 fully saturated rings. The van der Waals surface area contributed by atoms with Gasteiger partial charge in [0.15, 0.2) is 0 Å². The van der Waals surface area contributed by atoms with Crippen molar-refractivity contribution in [2.45, 2.75) is 13.0 Å². The van der Waals surface area contributed by atoms with Crippen LogP contribution in [0.25, 0.3) is 0 Å². The Morgan fingerprint density at radius 3 is 2.65 bits per heavy atom. The molecule has 1 aromatic rings. The fourth-order valence-electron chi connectivity index (χ4n) is 2.49. The van der Waals surface area contributed by atoms with Gasteiger partial charge < -0.3 is 10.2 Å². The lowest BCUT2D eigenvalue weighted by Gasteiger charge is -2.15. The average Bonchev–Trinajstić information content (AvgIpc) is 3.09. The molecule has 2 aliphatic rings. The van der Waals surface area contributed by atoms with Crippen LogP contribution in [0.3, 0.4) is 0 Å². The molecule has 0 spiro atoms. The molecule has 3 rings (SSSR count). The maximum Gasteiger partial charge on any atom is 0.356 e. The van der Waals surface area contributed by atoms with Crippen LogP contribution >= 0.6 is 0 Å². The molecule has 2 aliphatic heterocycles. The Morgan fingerprint density at radius 1 is 1.35 bits per heavy atom. The Labute approximate surface area is 131 Å². The van der Waals surface area contributed by atoms with Crippen molar-refractivity contribution in [3.8, 4) is 6.07 Å². The highest BCUT2D eigenvalue weighted by Gasteiger charge is 2.50. The van der Waals surface area contributed by atoms with Crippen LogP contribution in [0, 0.1) is 11.3 Å². The van der Waals surface area contributed by atoms with E-state index >= 15 is 0 Å². The molecule has 8 heteroatoms. The van der Waals surface area contributed by atoms with Gasteiger partial charge in [-0.3, -0.25) is 9.59 Å². The molecule has 8 nitrogen and oxygen atoms in total. The third kappa shape index (κ3) is 2.23. The number of benzene rings is 1. The molecule has 0 aliphatic carbocycles. The SMILES string of the molecule is CCOC(=O)C1=C2C(=O)N(c3ccc(C#N)cc3)C(=O)C2NN1. The van der Waals surface area contributed by atoms with Crippen molar-refractivity contribution >= 4 is 23.5 Å². The summed E-state index contributed by atoms with van der Waals surface area (Å²) in [5, 5.41) is 8.80. The molecule has 1 unspecified atom stereocenters. The first kappa shape index (κ1) is 14.7. The van der Waals surface area contributed by atoms with Crippen LogP contribution in [0.5, 0.6) is 0 Å². The van der Waals surface area contributed by atoms with E-state index in [1.807, 2.05) is 6.07 Å². The Balaban J connectivity index is 1.98. The molecule has 116 valence electrons. The highest BCUT2D eigenvalue weighted by Crippen LogP contribution is 2.30. The van der Waals surface area contributed by atoms with Crippen LogP contribution in [-0.2, 0) is 19.1 Å². The fraction of sp³-hybridized carbons (Fsp3) is 0.200. The van der Waals surface area contributed by atoms with Crippen molar-refractivity contribution in [2.75, 3.05) is 11.5 Å². The van der Waals surface area contributed by atoms with Gasteiger partial charge in [-0.1, -0.05) is 0 Å². The highest BCUT2D eigenvalue weighted by atomic mass is 16.5. The zero-order valence-corrected chi connectivity index (χ0v) is 12.1. The Hall–Kier alpha value is -3.18. The lowest BCUT2D eigenvalue weighted by atomic mass is 10.1. The van der Waals surface area contributed by atoms with Gasteiger partial charge >= 0.3 is 5.97 Å². The summed E-state index contributed by atoms with van der Waals surface area (Å²) in [6.45, 7) is 1.80. The number of hydrogen-bond acceptors (Lipinski definition) is 7. The number of rotatable bonds is 3. The second-order valence-corrected chi connectivity index (χ2v) is 4.85. The maximum absolute atomic E-state index is 12.6. The van der Waals surface area contributed by atoms with Crippen molar-refractivity contribution in [3.05, 3.63) is 41.1 Å². The largest absolute Gasteiger partial charge is 0.461 e. The van der Waals surface area contributed by atoms with Gasteiger partial charge in [0.25, 0.3) is 11.8 Å². The standard InChI is InChI=1S/C15H12N4O4/c1-2-23-15(22)12-10-11(17-18-12)14(21)19(13(10)20)9-5-3-8(7-16)4-6-9/h3-6,11,17-18H,2H2,1H3. The molecule has 1 saturated heterocycles. The number of esters is 1. The molecule has 0 radical (unpaired) electrons. The van der Waals surface area contributed by atoms with Crippen LogP contribution in [0.1, 0.15) is 12.5 Å². The monoisotopic (exact) mass is 312 g/mol. The van der Waals surface area contributed by atoms with E-state index in [0.29, 0.717) is 11.3 Å². The van der Waals surface area contributed by atoms with Crippen LogP contribution in [0.2, 0.25) is 0 Å². The quantitative estimate of drug-likeness (QED) is 0.583. The van der Waals surface area contributed by atoms with Gasteiger partial charge in [0.05, 0.1) is 29.5 Å². The van der Waals surface area contributed by atoms with E-state index in [1.165, 1.54) is 24.3 Å². The smallest absolute Gasteiger partial charge is 0.356 e. The summed E-state index contributed by atoms with van der Waals surface area (Å²) in [4.78, 5) is 37.8. The number of amides is 2. The molecule has 1 atom stereocenters. The molecular weight excluding hydrogens is 300 g/mol. The van der Waals surface area contributed by atoms with Gasteiger partial charge in [-0.25, -0.2) is 15.1 Å². The second kappa shape index (κ2) is 5.55. The van der Waals surface area contributed by atoms with Crippen molar-refractivity contribution in [1.29, 1.82) is 5.26 Å². The van der Waals surface area contributed by atoms with E-state index in [-0.39, 0.29) is 17.9 Å². The van der Waals surface area contributed by atoms with E-state index < -0.39 is 23.8 Å². The first-order valence-corrected chi connectivity index (χ1v) is 6.89. The zero-order chi connectivity index (χ0) is 16.6. The molecular formula is C15H12N4O4. The fourth-order valence-corrected chi connectivity index (χ4v) is 2.49. The molecule has 1 aromatic carbocycles. The van der Waals surface area contributed by atoms with Gasteiger partial charge in [-0.2, -0.15) is 5.26 Å². The number of ether oxygens (including phenoxy) is 1. The van der Waals surface area contributed by atoms with Crippen LogP contribution in [-0.4, -0.2) is 30.4 Å². The third-order valence-corrected chi connectivity index (χ3v) is 3.53. The summed E-state index contributed by atoms with van der Waals surface area (Å²) in [6.07, 6.45) is 0. The van der Waals surface area contributed by atoms with Gasteiger partial charge in [-0.15, -0.1) is 0 Å². The number of carbonyl (C=O) groups excluding carboxylic acids is 3. The Bertz CT molecular complexity index is 776. The van der Waals surface area contributed by atoms with E-state index in [4.69, 9.17) is 10.00 Å². The summed E-state index contributed by atoms with van der Waals surface area (Å²) in [5.74, 6) is -1.79. The lowest BCUT2D eigenvalue weighted by molar-refractivity contribution is -0.139. The van der Waals surface area contributed by atoms with E-state index in [0.717, 1.165) is 4.90 Å². The number of fused-ring (bicyclic) bond motifs is 1. The normalized spacial score (nSPS) is 19.5. The predicted octanol–water partition coefficient (Wildman–Crippen LogP) is -0.275. The first-order valence-electron chi connectivity index (χ1n) is 6.89. The summed E-state index contributed by atoms with van der Waals surface area (Å²) < 4.78 is 4.87. The maximum atomic E-state index is 12.6. The summed E-state index contributed by atoms with van der Waals surface area (Å²) >= 11 is 0. The van der Waals surface area contributed by atoms with E-state index in [9.17, 15) is 14.4 Å². The van der Waals surface area contributed by atoms with E-state index in [2.05, 4.69) is 10.9 Å². The van der Waals surface area contributed by atoms with Crippen molar-refractivity contribution in [2.24, 2.45) is 0 Å². The number of carbonyl (C=O) groups is 3. The number of nitrogens with zero attached hydrogens (tertiary/aromatic N) is 2. The second-order valence-electron chi connectivity index (χ2n) is 4.85. The number of hydrazine groups is 1. The molecule has 2 N–H and O–H groups in total. The number of anilines is 1. The topological polar surface area (TPSA) is 112 Å². The lowest BCUT2D eigenvalue weighted by Crippen LogP contribution is -2.42. The minimum atomic E-state index is -0.933. The molecule has 0 bridgehead atoms. The molecule has 2 amide bonds. The Morgan fingerprint density at radius 2 is 2.04 bits per heavy atom. The number of nitrogens with one attached hydrogen (secondary N) is 2. The number of imide groups is 1. The minimum Gasteiger partial charge on any atom is -0.461 e. The van der Waals surface area contributed by atoms with Gasteiger partial charge in [0.1, 0.15) is 11.7 Å². The molecule has 2 heterocycles. The van der Waals surface area contributed by atoms with E-state index in [1.54, 1.807) is 6.92 Å². The van der Waals surface area contributed by atoms with Crippen LogP contribution in [0.15, 0.2) is 35.5 Å². The Kier molecular flexibility index (Phi) is 3.56. The van der Waals surface area contributed by atoms with Crippen molar-refractivity contribution in [1.82, 2.24) is 10.9 Å². The minimum absolute atomic E-state index is 0.0396. The average molecular weight is 312 g/mol. The molecule has 23 heavy (non-hydrogen) atoms. The van der Waals surface area contributed by atoms with Crippen LogP contribution in [0.4, 0.5) is 5.69 Å². The van der Waals surface area contributed by atoms with Gasteiger partial charge in [0, 0.05) is 0 Å². The summed E-state index contributed by atoms with van der Waals surface area (Å²) in [6, 6.07) is 7.06. The molecule has 0 saturated carbocycles. The third-order valence-electron chi connectivity index (χ3n) is 3.53. The predicted molar refractivity (Wildman–Crippen MR) is 77.4 cm³/mol. The molecule has 0 aromatic heterocycles. The van der Waals surface area contributed by atoms with Gasteiger partial charge in [-0.05, 0) is 31.2 Å². The first-order chi connectivity index (χ1) is 11.1. The summed E-state index contributed by atoms with van der Waals surface area (Å²) in [7, 11) is 0. The van der Waals surface area contributed by atoms with Crippen molar-refractivity contribution in [3.63, 3.8) is 0 Å². The van der Waals surface area contributed by atoms with Gasteiger partial charge in [0.2, 0.25) is 0 Å². The number of nitriles is 1.